The fourth-order valence-corrected chi connectivity index (χ4v) is 3.52. The van der Waals surface area contributed by atoms with E-state index < -0.39 is 5.56 Å². The van der Waals surface area contributed by atoms with Crippen molar-refractivity contribution in [2.45, 2.75) is 45.2 Å². The van der Waals surface area contributed by atoms with Gasteiger partial charge >= 0.3 is 0 Å². The Morgan fingerprint density at radius 2 is 1.87 bits per heavy atom. The molecule has 6 heteroatoms. The van der Waals surface area contributed by atoms with Crippen LogP contribution in [0, 0.1) is 0 Å². The largest absolute Gasteiger partial charge is 0.409 e. The van der Waals surface area contributed by atoms with Crippen molar-refractivity contribution >= 4 is 16.7 Å². The molecule has 0 aliphatic carbocycles. The third kappa shape index (κ3) is 2.58. The van der Waals surface area contributed by atoms with Crippen molar-refractivity contribution in [3.63, 3.8) is 0 Å². The minimum absolute atomic E-state index is 0.177. The smallest absolute Gasteiger partial charge is 0.299 e. The summed E-state index contributed by atoms with van der Waals surface area (Å²) < 4.78 is 1.49. The Bertz CT molecular complexity index is 849. The highest BCUT2D eigenvalue weighted by molar-refractivity contribution is 5.89. The van der Waals surface area contributed by atoms with Crippen LogP contribution < -0.4 is 15.9 Å². The molecule has 0 saturated carbocycles. The van der Waals surface area contributed by atoms with E-state index in [-0.39, 0.29) is 5.49 Å². The number of piperidine rings is 1. The summed E-state index contributed by atoms with van der Waals surface area (Å²) in [5.74, 6) is 0.714. The van der Waals surface area contributed by atoms with E-state index in [1.807, 2.05) is 24.3 Å². The standard InChI is InChI=1S/C17H22N4O2/c1-11-7-6-8-12(2)21(11)16-13-9-4-5-10-14(13)20(3)17(22)15(18-16)19-23/h4-5,9-12,23H,6-8H2,1-3H3. The quantitative estimate of drug-likeness (QED) is 0.645. The summed E-state index contributed by atoms with van der Waals surface area (Å²) in [5, 5.41) is 13.3. The molecule has 2 heterocycles. The average Bonchev–Trinajstić information content (AvgIpc) is 2.65. The first kappa shape index (κ1) is 15.5. The summed E-state index contributed by atoms with van der Waals surface area (Å²) in [6.45, 7) is 4.35. The number of benzene rings is 1. The van der Waals surface area contributed by atoms with Gasteiger partial charge in [0.25, 0.3) is 11.0 Å². The third-order valence-electron chi connectivity index (χ3n) is 4.75. The van der Waals surface area contributed by atoms with Crippen molar-refractivity contribution in [3.8, 4) is 0 Å². The van der Waals surface area contributed by atoms with Gasteiger partial charge in [0.15, 0.2) is 0 Å². The van der Waals surface area contributed by atoms with Crippen molar-refractivity contribution < 1.29 is 5.21 Å². The van der Waals surface area contributed by atoms with Crippen LogP contribution in [-0.4, -0.2) is 26.8 Å². The van der Waals surface area contributed by atoms with Crippen molar-refractivity contribution in [1.82, 2.24) is 9.55 Å². The second-order valence-electron chi connectivity index (χ2n) is 6.28. The van der Waals surface area contributed by atoms with Crippen LogP contribution >= 0.6 is 0 Å². The summed E-state index contributed by atoms with van der Waals surface area (Å²) in [7, 11) is 1.67. The van der Waals surface area contributed by atoms with Crippen molar-refractivity contribution in [2.75, 3.05) is 4.90 Å². The maximum absolute atomic E-state index is 12.4. The summed E-state index contributed by atoms with van der Waals surface area (Å²) in [4.78, 5) is 19.1. The van der Waals surface area contributed by atoms with Crippen molar-refractivity contribution in [2.24, 2.45) is 12.2 Å². The van der Waals surface area contributed by atoms with Crippen LogP contribution in [0.1, 0.15) is 33.1 Å². The maximum Gasteiger partial charge on any atom is 0.299 e. The second-order valence-corrected chi connectivity index (χ2v) is 6.28. The predicted molar refractivity (Wildman–Crippen MR) is 89.6 cm³/mol. The highest BCUT2D eigenvalue weighted by Crippen LogP contribution is 2.31. The van der Waals surface area contributed by atoms with Crippen LogP contribution in [0.5, 0.6) is 0 Å². The number of aromatic nitrogens is 2. The Balaban J connectivity index is 2.43. The first-order valence-corrected chi connectivity index (χ1v) is 8.01. The summed E-state index contributed by atoms with van der Waals surface area (Å²) in [5.41, 5.74) is 0.191. The molecule has 1 aliphatic heterocycles. The molecule has 2 atom stereocenters. The molecule has 1 fully saturated rings. The molecule has 3 rings (SSSR count). The number of hydrogen-bond acceptors (Lipinski definition) is 5. The minimum Gasteiger partial charge on any atom is -0.409 e. The molecule has 0 spiro atoms. The summed E-state index contributed by atoms with van der Waals surface area (Å²) in [6, 6.07) is 8.33. The second kappa shape index (κ2) is 6.02. The van der Waals surface area contributed by atoms with Gasteiger partial charge in [0.2, 0.25) is 0 Å². The summed E-state index contributed by atoms with van der Waals surface area (Å²) in [6.07, 6.45) is 3.36. The van der Waals surface area contributed by atoms with Gasteiger partial charge in [0.05, 0.1) is 5.52 Å². The topological polar surface area (TPSA) is 70.7 Å². The Kier molecular flexibility index (Phi) is 4.07. The van der Waals surface area contributed by atoms with Gasteiger partial charge in [-0.05, 0) is 45.2 Å². The molecular formula is C17H22N4O2. The molecule has 0 bridgehead atoms. The lowest BCUT2D eigenvalue weighted by Crippen LogP contribution is -2.45. The van der Waals surface area contributed by atoms with E-state index in [2.05, 4.69) is 28.9 Å². The molecule has 1 aromatic heterocycles. The van der Waals surface area contributed by atoms with Gasteiger partial charge in [0, 0.05) is 24.5 Å². The number of nitrogens with zero attached hydrogens (tertiary/aromatic N) is 4. The average molecular weight is 314 g/mol. The number of rotatable bonds is 1. The normalized spacial score (nSPS) is 22.6. The van der Waals surface area contributed by atoms with Gasteiger partial charge in [-0.1, -0.05) is 17.3 Å². The maximum atomic E-state index is 12.4. The minimum atomic E-state index is -0.410. The number of anilines is 1. The number of hydrogen-bond donors (Lipinski definition) is 1. The van der Waals surface area contributed by atoms with Crippen molar-refractivity contribution in [3.05, 3.63) is 40.1 Å². The van der Waals surface area contributed by atoms with Gasteiger partial charge in [-0.2, -0.15) is 0 Å². The van der Waals surface area contributed by atoms with Crippen LogP contribution in [0.15, 0.2) is 34.2 Å². The van der Waals surface area contributed by atoms with E-state index in [1.165, 1.54) is 11.0 Å². The first-order chi connectivity index (χ1) is 11.0. The number of aryl methyl sites for hydroxylation is 1. The van der Waals surface area contributed by atoms with Gasteiger partial charge in [0.1, 0.15) is 5.82 Å². The van der Waals surface area contributed by atoms with Gasteiger partial charge in [-0.3, -0.25) is 4.79 Å². The zero-order chi connectivity index (χ0) is 16.6. The van der Waals surface area contributed by atoms with E-state index in [9.17, 15) is 10.0 Å². The Hall–Kier alpha value is -2.37. The molecule has 6 nitrogen and oxygen atoms in total. The molecule has 1 aromatic carbocycles. The fraction of sp³-hybridized carbons (Fsp3) is 0.471. The molecule has 1 saturated heterocycles. The molecule has 0 radical (unpaired) electrons. The van der Waals surface area contributed by atoms with Gasteiger partial charge in [-0.15, -0.1) is 0 Å². The van der Waals surface area contributed by atoms with Crippen LogP contribution in [-0.2, 0) is 7.05 Å². The van der Waals surface area contributed by atoms with E-state index in [1.54, 1.807) is 7.05 Å². The Morgan fingerprint density at radius 3 is 2.52 bits per heavy atom. The molecular weight excluding hydrogens is 292 g/mol. The Labute approximate surface area is 134 Å². The fourth-order valence-electron chi connectivity index (χ4n) is 3.52. The van der Waals surface area contributed by atoms with E-state index in [0.717, 1.165) is 23.7 Å². The van der Waals surface area contributed by atoms with E-state index in [0.29, 0.717) is 17.9 Å². The van der Waals surface area contributed by atoms with Crippen LogP contribution in [0.25, 0.3) is 10.9 Å². The van der Waals surface area contributed by atoms with E-state index >= 15 is 0 Å². The lowest BCUT2D eigenvalue weighted by Gasteiger charge is -2.40. The lowest BCUT2D eigenvalue weighted by atomic mass is 9.97. The SMILES string of the molecule is CC1CCCC(C)N1c1nc(=NO)c(=O)n(C)c2ccccc12. The lowest BCUT2D eigenvalue weighted by molar-refractivity contribution is 0.297. The first-order valence-electron chi connectivity index (χ1n) is 8.01. The molecule has 2 unspecified atom stereocenters. The van der Waals surface area contributed by atoms with Gasteiger partial charge < -0.3 is 14.7 Å². The molecule has 1 N–H and O–H groups in total. The zero-order valence-corrected chi connectivity index (χ0v) is 13.7. The molecule has 1 aliphatic rings. The van der Waals surface area contributed by atoms with Gasteiger partial charge in [-0.25, -0.2) is 4.98 Å². The zero-order valence-electron chi connectivity index (χ0n) is 13.7. The molecule has 2 aromatic rings. The molecule has 0 amide bonds. The summed E-state index contributed by atoms with van der Waals surface area (Å²) >= 11 is 0. The monoisotopic (exact) mass is 314 g/mol. The predicted octanol–water partition coefficient (Wildman–Crippen LogP) is 1.99. The molecule has 122 valence electrons. The van der Waals surface area contributed by atoms with Crippen LogP contribution in [0.2, 0.25) is 0 Å². The van der Waals surface area contributed by atoms with Crippen LogP contribution in [0.3, 0.4) is 0 Å². The highest BCUT2D eigenvalue weighted by atomic mass is 16.4. The Morgan fingerprint density at radius 1 is 1.22 bits per heavy atom. The number of para-hydroxylation sites is 1. The highest BCUT2D eigenvalue weighted by Gasteiger charge is 2.27. The van der Waals surface area contributed by atoms with E-state index in [4.69, 9.17) is 0 Å². The number of fused-ring (bicyclic) bond motifs is 1. The van der Waals surface area contributed by atoms with Crippen molar-refractivity contribution in [1.29, 1.82) is 0 Å². The molecule has 23 heavy (non-hydrogen) atoms. The van der Waals surface area contributed by atoms with Crippen LogP contribution in [0.4, 0.5) is 5.82 Å². The third-order valence-corrected chi connectivity index (χ3v) is 4.75.